The third kappa shape index (κ3) is 2.02. The Balaban J connectivity index is 1.61. The van der Waals surface area contributed by atoms with E-state index in [2.05, 4.69) is 15.2 Å². The Bertz CT molecular complexity index is 267. The van der Waals surface area contributed by atoms with Gasteiger partial charge >= 0.3 is 0 Å². The number of fused-ring (bicyclic) bond motifs is 1. The number of aliphatic imine (C=N–C) groups is 1. The lowest BCUT2D eigenvalue weighted by Crippen LogP contribution is -2.42. The molecule has 2 fully saturated rings. The second kappa shape index (κ2) is 4.34. The highest BCUT2D eigenvalue weighted by molar-refractivity contribution is 8.13. The molecule has 2 unspecified atom stereocenters. The summed E-state index contributed by atoms with van der Waals surface area (Å²) in [6.45, 7) is 3.64. The maximum absolute atomic E-state index is 4.56. The van der Waals surface area contributed by atoms with Crippen molar-refractivity contribution in [3.8, 4) is 0 Å². The third-order valence-electron chi connectivity index (χ3n) is 3.71. The first-order valence-corrected chi connectivity index (χ1v) is 7.10. The molecule has 0 amide bonds. The predicted molar refractivity (Wildman–Crippen MR) is 65.5 cm³/mol. The van der Waals surface area contributed by atoms with Gasteiger partial charge in [0.2, 0.25) is 0 Å². The molecule has 0 aromatic carbocycles. The summed E-state index contributed by atoms with van der Waals surface area (Å²) >= 11 is 1.90. The van der Waals surface area contributed by atoms with E-state index in [-0.39, 0.29) is 0 Å². The summed E-state index contributed by atoms with van der Waals surface area (Å²) in [5.41, 5.74) is 0. The van der Waals surface area contributed by atoms with Crippen LogP contribution in [0.4, 0.5) is 0 Å². The van der Waals surface area contributed by atoms with E-state index in [1.807, 2.05) is 11.8 Å². The van der Waals surface area contributed by atoms with Crippen LogP contribution in [0.1, 0.15) is 25.7 Å². The molecule has 2 saturated heterocycles. The first-order valence-electron chi connectivity index (χ1n) is 6.11. The molecule has 0 aromatic heterocycles. The van der Waals surface area contributed by atoms with Crippen molar-refractivity contribution in [2.75, 3.05) is 25.4 Å². The molecule has 3 aliphatic heterocycles. The van der Waals surface area contributed by atoms with Crippen molar-refractivity contribution in [1.29, 1.82) is 0 Å². The van der Waals surface area contributed by atoms with E-state index < -0.39 is 0 Å². The van der Waals surface area contributed by atoms with E-state index in [1.165, 1.54) is 49.7 Å². The number of amidine groups is 1. The van der Waals surface area contributed by atoms with Crippen LogP contribution in [0.2, 0.25) is 0 Å². The molecule has 0 saturated carbocycles. The van der Waals surface area contributed by atoms with Gasteiger partial charge in [0.05, 0.1) is 0 Å². The van der Waals surface area contributed by atoms with Crippen molar-refractivity contribution in [3.63, 3.8) is 0 Å². The van der Waals surface area contributed by atoms with Gasteiger partial charge in [-0.3, -0.25) is 9.89 Å². The second-order valence-corrected chi connectivity index (χ2v) is 5.76. The summed E-state index contributed by atoms with van der Waals surface area (Å²) in [7, 11) is 0. The fourth-order valence-corrected chi connectivity index (χ4v) is 3.84. The van der Waals surface area contributed by atoms with E-state index in [0.29, 0.717) is 6.04 Å². The standard InChI is InChI=1S/C11H19N3S/c1-3-10-9(4-7-14(10)6-1)13-11-12-5-2-8-15-11/h9-10H,1-8H2,(H,12,13). The molecule has 0 spiro atoms. The van der Waals surface area contributed by atoms with Crippen LogP contribution in [0.5, 0.6) is 0 Å². The molecule has 0 aromatic rings. The Morgan fingerprint density at radius 2 is 2.27 bits per heavy atom. The Hall–Kier alpha value is -0.220. The van der Waals surface area contributed by atoms with Crippen LogP contribution >= 0.6 is 11.8 Å². The predicted octanol–water partition coefficient (Wildman–Crippen LogP) is 1.31. The largest absolute Gasteiger partial charge is 0.361 e. The first-order chi connectivity index (χ1) is 7.43. The third-order valence-corrected chi connectivity index (χ3v) is 4.72. The lowest BCUT2D eigenvalue weighted by atomic mass is 10.1. The molecular weight excluding hydrogens is 206 g/mol. The van der Waals surface area contributed by atoms with Gasteiger partial charge in [-0.2, -0.15) is 0 Å². The topological polar surface area (TPSA) is 27.6 Å². The lowest BCUT2D eigenvalue weighted by molar-refractivity contribution is 0.308. The quantitative estimate of drug-likeness (QED) is 0.729. The molecule has 0 bridgehead atoms. The fourth-order valence-electron chi connectivity index (χ4n) is 2.96. The van der Waals surface area contributed by atoms with Gasteiger partial charge in [0.25, 0.3) is 0 Å². The van der Waals surface area contributed by atoms with Crippen LogP contribution < -0.4 is 5.32 Å². The molecule has 1 N–H and O–H groups in total. The monoisotopic (exact) mass is 225 g/mol. The molecule has 15 heavy (non-hydrogen) atoms. The number of hydrogen-bond acceptors (Lipinski definition) is 4. The Labute approximate surface area is 95.7 Å². The van der Waals surface area contributed by atoms with Crippen LogP contribution in [0.25, 0.3) is 0 Å². The molecule has 4 heteroatoms. The van der Waals surface area contributed by atoms with Crippen LogP contribution in [0, 0.1) is 0 Å². The van der Waals surface area contributed by atoms with Gasteiger partial charge in [0.1, 0.15) is 0 Å². The van der Waals surface area contributed by atoms with Gasteiger partial charge in [0.15, 0.2) is 5.17 Å². The number of rotatable bonds is 1. The molecular formula is C11H19N3S. The zero-order valence-electron chi connectivity index (χ0n) is 9.11. The van der Waals surface area contributed by atoms with Crippen molar-refractivity contribution in [3.05, 3.63) is 0 Å². The zero-order valence-corrected chi connectivity index (χ0v) is 9.93. The van der Waals surface area contributed by atoms with Crippen molar-refractivity contribution in [2.24, 2.45) is 4.99 Å². The van der Waals surface area contributed by atoms with E-state index in [9.17, 15) is 0 Å². The molecule has 2 atom stereocenters. The first kappa shape index (κ1) is 9.97. The van der Waals surface area contributed by atoms with Crippen LogP contribution in [0.3, 0.4) is 0 Å². The summed E-state index contributed by atoms with van der Waals surface area (Å²) in [6.07, 6.45) is 5.33. The Morgan fingerprint density at radius 1 is 1.27 bits per heavy atom. The van der Waals surface area contributed by atoms with Gasteiger partial charge in [0, 0.05) is 30.9 Å². The molecule has 3 heterocycles. The summed E-state index contributed by atoms with van der Waals surface area (Å²) in [5.74, 6) is 1.24. The molecule has 3 nitrogen and oxygen atoms in total. The highest BCUT2D eigenvalue weighted by atomic mass is 32.2. The fraction of sp³-hybridized carbons (Fsp3) is 0.909. The van der Waals surface area contributed by atoms with Gasteiger partial charge in [-0.25, -0.2) is 0 Å². The highest BCUT2D eigenvalue weighted by Gasteiger charge is 2.37. The number of thioether (sulfide) groups is 1. The van der Waals surface area contributed by atoms with Gasteiger partial charge in [-0.15, -0.1) is 0 Å². The number of hydrogen-bond donors (Lipinski definition) is 1. The molecule has 0 radical (unpaired) electrons. The Morgan fingerprint density at radius 3 is 3.13 bits per heavy atom. The lowest BCUT2D eigenvalue weighted by Gasteiger charge is -2.23. The van der Waals surface area contributed by atoms with E-state index in [0.717, 1.165) is 12.6 Å². The Kier molecular flexibility index (Phi) is 2.88. The van der Waals surface area contributed by atoms with Gasteiger partial charge in [-0.05, 0) is 32.2 Å². The van der Waals surface area contributed by atoms with Gasteiger partial charge in [-0.1, -0.05) is 11.8 Å². The SMILES string of the molecule is C1CN=C(NC2CCN3CCCC23)SC1. The van der Waals surface area contributed by atoms with E-state index in [1.54, 1.807) is 0 Å². The van der Waals surface area contributed by atoms with Crippen molar-refractivity contribution in [2.45, 2.75) is 37.8 Å². The second-order valence-electron chi connectivity index (χ2n) is 4.67. The highest BCUT2D eigenvalue weighted by Crippen LogP contribution is 2.28. The molecule has 3 rings (SSSR count). The van der Waals surface area contributed by atoms with Crippen molar-refractivity contribution >= 4 is 16.9 Å². The minimum Gasteiger partial charge on any atom is -0.361 e. The summed E-state index contributed by atoms with van der Waals surface area (Å²) in [5, 5.41) is 4.87. The average molecular weight is 225 g/mol. The van der Waals surface area contributed by atoms with Crippen LogP contribution in [0.15, 0.2) is 4.99 Å². The van der Waals surface area contributed by atoms with Gasteiger partial charge < -0.3 is 5.32 Å². The minimum atomic E-state index is 0.678. The summed E-state index contributed by atoms with van der Waals surface area (Å²) < 4.78 is 0. The van der Waals surface area contributed by atoms with Crippen molar-refractivity contribution < 1.29 is 0 Å². The summed E-state index contributed by atoms with van der Waals surface area (Å²) in [6, 6.07) is 1.48. The average Bonchev–Trinajstić information content (AvgIpc) is 2.85. The molecule has 0 aliphatic carbocycles. The molecule has 84 valence electrons. The number of nitrogens with zero attached hydrogens (tertiary/aromatic N) is 2. The van der Waals surface area contributed by atoms with Crippen LogP contribution in [-0.2, 0) is 0 Å². The van der Waals surface area contributed by atoms with E-state index >= 15 is 0 Å². The maximum Gasteiger partial charge on any atom is 0.156 e. The van der Waals surface area contributed by atoms with Crippen LogP contribution in [-0.4, -0.2) is 47.5 Å². The maximum atomic E-state index is 4.56. The summed E-state index contributed by atoms with van der Waals surface area (Å²) in [4.78, 5) is 7.20. The smallest absolute Gasteiger partial charge is 0.156 e. The zero-order chi connectivity index (χ0) is 10.1. The van der Waals surface area contributed by atoms with Crippen molar-refractivity contribution in [1.82, 2.24) is 10.2 Å². The molecule has 3 aliphatic rings. The number of nitrogens with one attached hydrogen (secondary N) is 1. The normalized spacial score (nSPS) is 36.4. The minimum absolute atomic E-state index is 0.678. The van der Waals surface area contributed by atoms with E-state index in [4.69, 9.17) is 0 Å².